The summed E-state index contributed by atoms with van der Waals surface area (Å²) in [6, 6.07) is 76.7. The summed E-state index contributed by atoms with van der Waals surface area (Å²) in [7, 11) is 0. The molecule has 0 saturated carbocycles. The Morgan fingerprint density at radius 1 is 0.278 bits per heavy atom. The minimum Gasteiger partial charge on any atom is -0.367 e. The van der Waals surface area contributed by atoms with Crippen LogP contribution >= 0.6 is 0 Å². The molecule has 0 unspecified atom stereocenters. The number of hydrogen-bond donors (Lipinski definition) is 0. The average molecular weight is 1150 g/mol. The fourth-order valence-electron chi connectivity index (χ4n) is 10.4. The highest BCUT2D eigenvalue weighted by Crippen LogP contribution is 2.30. The highest BCUT2D eigenvalue weighted by atomic mass is 15.2. The molecule has 428 valence electrons. The van der Waals surface area contributed by atoms with Gasteiger partial charge in [0.2, 0.25) is 0 Å². The van der Waals surface area contributed by atoms with Gasteiger partial charge in [0.15, 0.2) is 0 Å². The molecule has 1 aliphatic rings. The second-order valence-electron chi connectivity index (χ2n) is 22.1. The van der Waals surface area contributed by atoms with Crippen molar-refractivity contribution in [2.75, 3.05) is 9.80 Å². The molecule has 0 amide bonds. The lowest BCUT2D eigenvalue weighted by Crippen LogP contribution is -2.36. The zero-order valence-corrected chi connectivity index (χ0v) is 51.9. The van der Waals surface area contributed by atoms with Crippen molar-refractivity contribution >= 4 is 22.5 Å². The number of nitriles is 2. The van der Waals surface area contributed by atoms with Crippen molar-refractivity contribution < 1.29 is 0 Å². The first-order chi connectivity index (χ1) is 43.8. The molecule has 0 aromatic heterocycles. The Hall–Kier alpha value is -12.2. The van der Waals surface area contributed by atoms with Gasteiger partial charge in [-0.3, -0.25) is 0 Å². The van der Waals surface area contributed by atoms with Crippen LogP contribution in [-0.4, -0.2) is 24.2 Å². The number of hydrogen-bond acceptors (Lipinski definition) is 4. The minimum absolute atomic E-state index is 0.299. The molecule has 90 heavy (non-hydrogen) atoms. The van der Waals surface area contributed by atoms with Crippen LogP contribution in [0, 0.1) is 117 Å². The molecule has 8 aromatic rings. The zero-order valence-electron chi connectivity index (χ0n) is 51.9. The Kier molecular flexibility index (Phi) is 21.3. The van der Waals surface area contributed by atoms with Gasteiger partial charge in [-0.2, -0.15) is 10.5 Å². The van der Waals surface area contributed by atoms with Crippen molar-refractivity contribution in [2.45, 2.75) is 79.6 Å². The fourth-order valence-corrected chi connectivity index (χ4v) is 10.4. The average Bonchev–Trinajstić information content (AvgIpc) is 1.96. The van der Waals surface area contributed by atoms with Crippen molar-refractivity contribution in [1.29, 1.82) is 10.5 Å². The van der Waals surface area contributed by atoms with Gasteiger partial charge in [-0.15, -0.1) is 0 Å². The number of anilines is 2. The summed E-state index contributed by atoms with van der Waals surface area (Å²) in [6.45, 7) is 17.6. The van der Waals surface area contributed by atoms with Crippen LogP contribution in [0.1, 0.15) is 111 Å². The quantitative estimate of drug-likeness (QED) is 0.128. The van der Waals surface area contributed by atoms with Gasteiger partial charge < -0.3 is 9.80 Å². The summed E-state index contributed by atoms with van der Waals surface area (Å²) in [5.41, 5.74) is 13.7. The summed E-state index contributed by atoms with van der Waals surface area (Å²) in [5, 5.41) is 19.3. The van der Waals surface area contributed by atoms with E-state index in [2.05, 4.69) is 221 Å². The van der Waals surface area contributed by atoms with E-state index in [0.717, 1.165) is 55.9 Å². The predicted octanol–water partition coefficient (Wildman–Crippen LogP) is 16.8. The first-order valence-corrected chi connectivity index (χ1v) is 30.0. The molecule has 4 nitrogen and oxygen atoms in total. The van der Waals surface area contributed by atoms with E-state index in [1.54, 1.807) is 48.5 Å². The molecule has 0 fully saturated rings. The molecule has 9 rings (SSSR count). The normalized spacial score (nSPS) is 11.0. The molecular formula is C86H64N4. The van der Waals surface area contributed by atoms with E-state index in [-0.39, 0.29) is 0 Å². The summed E-state index contributed by atoms with van der Waals surface area (Å²) >= 11 is 0. The third kappa shape index (κ3) is 16.6. The Morgan fingerprint density at radius 2 is 0.489 bits per heavy atom. The van der Waals surface area contributed by atoms with Gasteiger partial charge in [-0.05, 0) is 198 Å². The molecule has 4 heteroatoms. The number of benzene rings is 8. The van der Waals surface area contributed by atoms with Crippen LogP contribution < -0.4 is 9.80 Å². The Labute approximate surface area is 533 Å². The smallest absolute Gasteiger partial charge is 0.0993 e. The van der Waals surface area contributed by atoms with Gasteiger partial charge in [-0.25, -0.2) is 0 Å². The summed E-state index contributed by atoms with van der Waals surface area (Å²) in [6.07, 6.45) is 0. The molecule has 0 bridgehead atoms. The molecule has 0 saturated heterocycles. The van der Waals surface area contributed by atoms with E-state index in [1.807, 2.05) is 121 Å². The van der Waals surface area contributed by atoms with Crippen LogP contribution in [0.5, 0.6) is 0 Å². The van der Waals surface area contributed by atoms with E-state index < -0.39 is 0 Å². The largest absolute Gasteiger partial charge is 0.367 e. The van der Waals surface area contributed by atoms with E-state index >= 15 is 0 Å². The molecule has 0 atom stereocenters. The Morgan fingerprint density at radius 3 is 0.711 bits per heavy atom. The fraction of sp³-hybridized carbons (Fsp3) is 0.140. The van der Waals surface area contributed by atoms with E-state index in [1.165, 1.54) is 0 Å². The second kappa shape index (κ2) is 30.7. The van der Waals surface area contributed by atoms with Crippen molar-refractivity contribution in [3.63, 3.8) is 0 Å². The molecule has 0 spiro atoms. The maximum Gasteiger partial charge on any atom is 0.0993 e. The maximum absolute atomic E-state index is 9.64. The van der Waals surface area contributed by atoms with Gasteiger partial charge in [0.05, 0.1) is 56.7 Å². The first kappa shape index (κ1) is 62.3. The van der Waals surface area contributed by atoms with Crippen molar-refractivity contribution in [3.8, 4) is 107 Å². The zero-order chi connectivity index (χ0) is 63.2. The van der Waals surface area contributed by atoms with Crippen LogP contribution in [0.2, 0.25) is 0 Å². The van der Waals surface area contributed by atoms with Crippen LogP contribution in [0.3, 0.4) is 0 Å². The van der Waals surface area contributed by atoms with Gasteiger partial charge in [0, 0.05) is 68.9 Å². The monoisotopic (exact) mass is 1150 g/mol. The van der Waals surface area contributed by atoms with E-state index in [9.17, 15) is 10.5 Å². The molecular weight excluding hydrogens is 1090 g/mol. The molecule has 0 aliphatic heterocycles. The van der Waals surface area contributed by atoms with Crippen LogP contribution in [0.25, 0.3) is 11.1 Å². The van der Waals surface area contributed by atoms with Crippen molar-refractivity contribution in [1.82, 2.24) is 0 Å². The van der Waals surface area contributed by atoms with Crippen molar-refractivity contribution in [3.05, 3.63) is 307 Å². The minimum atomic E-state index is 0.299. The maximum atomic E-state index is 9.64. The lowest BCUT2D eigenvalue weighted by atomic mass is 9.92. The molecule has 0 heterocycles. The predicted molar refractivity (Wildman–Crippen MR) is 371 cm³/mol. The first-order valence-electron chi connectivity index (χ1n) is 30.0. The highest BCUT2D eigenvalue weighted by molar-refractivity contribution is 5.90. The SMILES string of the molecule is CC(C)N(c1ccc(C#CC(C#Cc2ccc(N(C(C)C)C(C)C)cc2)=C2C#CC(=C(c3ccccc3)c3ccccc3)C#CC(=C(C#Cc3ccc(C#N)cc3)C#Cc3ccc(C#N)cc3)C#CC(=C(c3ccccc3)c3ccccc3)C#C2)cc1)C(C)C. The van der Waals surface area contributed by atoms with Gasteiger partial charge in [0.1, 0.15) is 0 Å². The van der Waals surface area contributed by atoms with Crippen molar-refractivity contribution in [2.24, 2.45) is 0 Å². The molecule has 1 aliphatic carbocycles. The molecule has 0 N–H and O–H groups in total. The summed E-state index contributed by atoms with van der Waals surface area (Å²) < 4.78 is 0. The third-order valence-corrected chi connectivity index (χ3v) is 14.4. The number of nitrogens with zero attached hydrogens (tertiary/aromatic N) is 4. The summed E-state index contributed by atoms with van der Waals surface area (Å²) in [5.74, 6) is 55.6. The van der Waals surface area contributed by atoms with E-state index in [4.69, 9.17) is 0 Å². The van der Waals surface area contributed by atoms with Crippen LogP contribution in [-0.2, 0) is 0 Å². The second-order valence-corrected chi connectivity index (χ2v) is 22.1. The lowest BCUT2D eigenvalue weighted by molar-refractivity contribution is 0.608. The van der Waals surface area contributed by atoms with Crippen LogP contribution in [0.4, 0.5) is 11.4 Å². The molecule has 0 radical (unpaired) electrons. The van der Waals surface area contributed by atoms with Crippen LogP contribution in [0.15, 0.2) is 252 Å². The van der Waals surface area contributed by atoms with Gasteiger partial charge in [-0.1, -0.05) is 192 Å². The Balaban J connectivity index is 1.42. The number of allylic oxidation sites excluding steroid dienone is 6. The Bertz CT molecular complexity index is 4290. The lowest BCUT2D eigenvalue weighted by Gasteiger charge is -2.33. The topological polar surface area (TPSA) is 54.1 Å². The van der Waals surface area contributed by atoms with E-state index in [0.29, 0.717) is 79.9 Å². The molecule has 8 aromatic carbocycles. The summed E-state index contributed by atoms with van der Waals surface area (Å²) in [4.78, 5) is 4.77. The van der Waals surface area contributed by atoms with Gasteiger partial charge in [0.25, 0.3) is 0 Å². The van der Waals surface area contributed by atoms with Gasteiger partial charge >= 0.3 is 0 Å². The number of rotatable bonds is 10. The highest BCUT2D eigenvalue weighted by Gasteiger charge is 2.17. The standard InChI is InChI=1S/C86H64N4/c1-63(2)89(64(3)4)83-57-41-69(42-58-83)39-47-74(48-40-70-43-59-84(60-44-70)90(65(5)6)66(7)8)76-51-55-81(85(77-21-13-9-14-22-77)78-23-15-10-16-24-78)53-49-75(50-54-82(56-52-76)86(79-25-17-11-18-26-79)80-27-19-12-20-28-80)73(45-37-67-29-33-71(61-87)34-30-67)46-38-68-31-35-72(62-88)36-32-68/h9-36,41-44,57-60,63-66H,1-8H3. The third-order valence-electron chi connectivity index (χ3n) is 14.4.